The maximum Gasteiger partial charge on any atom is 0.354 e. The Morgan fingerprint density at radius 2 is 1.71 bits per heavy atom. The summed E-state index contributed by atoms with van der Waals surface area (Å²) in [6.45, 7) is 1.89. The fraction of sp³-hybridized carbons (Fsp3) is 0.130. The van der Waals surface area contributed by atoms with Gasteiger partial charge in [0, 0.05) is 16.6 Å². The number of carboxylic acids is 1. The van der Waals surface area contributed by atoms with Crippen LogP contribution in [0, 0.1) is 6.92 Å². The van der Waals surface area contributed by atoms with Crippen molar-refractivity contribution in [2.24, 2.45) is 0 Å². The fourth-order valence-corrected chi connectivity index (χ4v) is 2.98. The second-order valence-corrected chi connectivity index (χ2v) is 6.66. The molecule has 0 saturated heterocycles. The van der Waals surface area contributed by atoms with E-state index in [4.69, 9.17) is 0 Å². The van der Waals surface area contributed by atoms with Gasteiger partial charge in [-0.3, -0.25) is 0 Å². The van der Waals surface area contributed by atoms with Crippen molar-refractivity contribution in [2.75, 3.05) is 19.5 Å². The molecule has 1 heterocycles. The van der Waals surface area contributed by atoms with E-state index >= 15 is 0 Å². The van der Waals surface area contributed by atoms with Crippen LogP contribution in [-0.4, -0.2) is 42.2 Å². The van der Waals surface area contributed by atoms with E-state index in [1.807, 2.05) is 13.0 Å². The fourth-order valence-electron chi connectivity index (χ4n) is 2.98. The van der Waals surface area contributed by atoms with Crippen LogP contribution in [0.15, 0.2) is 60.3 Å². The predicted molar refractivity (Wildman–Crippen MR) is 115 cm³/mol. The van der Waals surface area contributed by atoms with Gasteiger partial charge in [0.25, 0.3) is 0 Å². The number of benzene rings is 2. The van der Waals surface area contributed by atoms with E-state index in [1.54, 1.807) is 36.4 Å². The summed E-state index contributed by atoms with van der Waals surface area (Å²) in [6, 6.07) is 13.8. The molecule has 8 heteroatoms. The molecule has 31 heavy (non-hydrogen) atoms. The first-order valence-corrected chi connectivity index (χ1v) is 9.22. The molecule has 0 aliphatic rings. The zero-order valence-corrected chi connectivity index (χ0v) is 17.1. The topological polar surface area (TPSA) is 115 Å². The van der Waals surface area contributed by atoms with E-state index in [0.29, 0.717) is 27.8 Å². The van der Waals surface area contributed by atoms with E-state index in [2.05, 4.69) is 19.8 Å². The molecular formula is C23H20N2O6. The number of rotatable bonds is 6. The standard InChI is InChI=1S/C23H20N2O6/c1-13-4-9-18-16(10-13)17(22(27)28)11-19(25-18)14-5-7-15(8-6-14)24-20(23(29)31-3)12-21(26)30-2/h4-12,24H,1-3H3,(H,27,28)/b20-12+. The van der Waals surface area contributed by atoms with Crippen molar-refractivity contribution >= 4 is 34.5 Å². The molecule has 8 nitrogen and oxygen atoms in total. The minimum absolute atomic E-state index is 0.0885. The van der Waals surface area contributed by atoms with Crippen molar-refractivity contribution in [1.82, 2.24) is 4.98 Å². The lowest BCUT2D eigenvalue weighted by atomic mass is 10.0. The number of anilines is 1. The lowest BCUT2D eigenvalue weighted by molar-refractivity contribution is -0.138. The highest BCUT2D eigenvalue weighted by atomic mass is 16.5. The van der Waals surface area contributed by atoms with Crippen LogP contribution in [0.25, 0.3) is 22.2 Å². The summed E-state index contributed by atoms with van der Waals surface area (Å²) in [5, 5.41) is 13.0. The Labute approximate surface area is 178 Å². The first kappa shape index (κ1) is 21.5. The Morgan fingerprint density at radius 3 is 2.32 bits per heavy atom. The van der Waals surface area contributed by atoms with Crippen LogP contribution in [0.2, 0.25) is 0 Å². The molecule has 158 valence electrons. The minimum atomic E-state index is -1.03. The van der Waals surface area contributed by atoms with Crippen LogP contribution in [0.4, 0.5) is 5.69 Å². The molecule has 1 aromatic heterocycles. The number of nitrogens with zero attached hydrogens (tertiary/aromatic N) is 1. The normalized spacial score (nSPS) is 11.1. The number of nitrogens with one attached hydrogen (secondary N) is 1. The quantitative estimate of drug-likeness (QED) is 0.460. The summed E-state index contributed by atoms with van der Waals surface area (Å²) >= 11 is 0. The number of aromatic nitrogens is 1. The lowest BCUT2D eigenvalue weighted by Gasteiger charge is -2.11. The average Bonchev–Trinajstić information content (AvgIpc) is 2.77. The number of hydrogen-bond donors (Lipinski definition) is 2. The monoisotopic (exact) mass is 420 g/mol. The Kier molecular flexibility index (Phi) is 6.30. The summed E-state index contributed by atoms with van der Waals surface area (Å²) in [5.41, 5.74) is 3.30. The molecule has 0 aliphatic carbocycles. The van der Waals surface area contributed by atoms with Crippen molar-refractivity contribution < 1.29 is 29.0 Å². The molecule has 0 aliphatic heterocycles. The molecule has 2 N–H and O–H groups in total. The number of pyridine rings is 1. The summed E-state index contributed by atoms with van der Waals surface area (Å²) in [5.74, 6) is -2.47. The summed E-state index contributed by atoms with van der Waals surface area (Å²) < 4.78 is 9.21. The lowest BCUT2D eigenvalue weighted by Crippen LogP contribution is -2.15. The number of aromatic carboxylic acids is 1. The number of hydrogen-bond acceptors (Lipinski definition) is 7. The number of ether oxygens (including phenoxy) is 2. The third-order valence-electron chi connectivity index (χ3n) is 4.52. The summed E-state index contributed by atoms with van der Waals surface area (Å²) in [6.07, 6.45) is 0.992. The zero-order valence-electron chi connectivity index (χ0n) is 17.1. The van der Waals surface area contributed by atoms with Crippen LogP contribution in [0.1, 0.15) is 15.9 Å². The molecule has 0 amide bonds. The molecule has 0 radical (unpaired) electrons. The minimum Gasteiger partial charge on any atom is -0.478 e. The van der Waals surface area contributed by atoms with E-state index < -0.39 is 17.9 Å². The molecular weight excluding hydrogens is 400 g/mol. The second-order valence-electron chi connectivity index (χ2n) is 6.66. The van der Waals surface area contributed by atoms with Crippen molar-refractivity contribution in [3.05, 3.63) is 71.4 Å². The van der Waals surface area contributed by atoms with Crippen LogP contribution in [0.3, 0.4) is 0 Å². The van der Waals surface area contributed by atoms with E-state index in [9.17, 15) is 19.5 Å². The molecule has 0 spiro atoms. The number of carboxylic acid groups (broad SMARTS) is 1. The van der Waals surface area contributed by atoms with Crippen LogP contribution < -0.4 is 5.32 Å². The predicted octanol–water partition coefficient (Wildman–Crippen LogP) is 3.55. The maximum absolute atomic E-state index is 11.9. The van der Waals surface area contributed by atoms with E-state index in [1.165, 1.54) is 20.3 Å². The van der Waals surface area contributed by atoms with Gasteiger partial charge in [-0.25, -0.2) is 19.4 Å². The SMILES string of the molecule is COC(=O)/C=C(/Nc1ccc(-c2cc(C(=O)O)c3cc(C)ccc3n2)cc1)C(=O)OC. The highest BCUT2D eigenvalue weighted by Crippen LogP contribution is 2.27. The smallest absolute Gasteiger partial charge is 0.354 e. The van der Waals surface area contributed by atoms with Crippen molar-refractivity contribution in [2.45, 2.75) is 6.92 Å². The number of carbonyl (C=O) groups is 3. The zero-order chi connectivity index (χ0) is 22.5. The third-order valence-corrected chi connectivity index (χ3v) is 4.52. The maximum atomic E-state index is 11.9. The van der Waals surface area contributed by atoms with Crippen LogP contribution >= 0.6 is 0 Å². The van der Waals surface area contributed by atoms with Gasteiger partial charge in [0.1, 0.15) is 5.70 Å². The van der Waals surface area contributed by atoms with Gasteiger partial charge < -0.3 is 19.9 Å². The molecule has 2 aromatic carbocycles. The Hall–Kier alpha value is -4.20. The number of aryl methyl sites for hydroxylation is 1. The summed E-state index contributed by atoms with van der Waals surface area (Å²) in [7, 11) is 2.40. The van der Waals surface area contributed by atoms with Gasteiger partial charge in [-0.15, -0.1) is 0 Å². The Balaban J connectivity index is 1.96. The van der Waals surface area contributed by atoms with Crippen LogP contribution in [-0.2, 0) is 19.1 Å². The molecule has 0 atom stereocenters. The van der Waals surface area contributed by atoms with E-state index in [-0.39, 0.29) is 11.3 Å². The second kappa shape index (κ2) is 9.08. The largest absolute Gasteiger partial charge is 0.478 e. The summed E-state index contributed by atoms with van der Waals surface area (Å²) in [4.78, 5) is 39.7. The average molecular weight is 420 g/mol. The van der Waals surface area contributed by atoms with Crippen molar-refractivity contribution in [3.8, 4) is 11.3 Å². The molecule has 0 saturated carbocycles. The van der Waals surface area contributed by atoms with Crippen molar-refractivity contribution in [3.63, 3.8) is 0 Å². The Morgan fingerprint density at radius 1 is 1.00 bits per heavy atom. The highest BCUT2D eigenvalue weighted by molar-refractivity contribution is 6.04. The van der Waals surface area contributed by atoms with Gasteiger partial charge in [-0.1, -0.05) is 23.8 Å². The van der Waals surface area contributed by atoms with Crippen LogP contribution in [0.5, 0.6) is 0 Å². The number of carbonyl (C=O) groups excluding carboxylic acids is 2. The van der Waals surface area contributed by atoms with Gasteiger partial charge in [-0.2, -0.15) is 0 Å². The number of fused-ring (bicyclic) bond motifs is 1. The molecule has 3 aromatic rings. The number of methoxy groups -OCH3 is 2. The number of esters is 2. The third kappa shape index (κ3) is 4.87. The van der Waals surface area contributed by atoms with Crippen molar-refractivity contribution in [1.29, 1.82) is 0 Å². The van der Waals surface area contributed by atoms with Gasteiger partial charge >= 0.3 is 17.9 Å². The first-order valence-electron chi connectivity index (χ1n) is 9.22. The molecule has 0 unspecified atom stereocenters. The van der Waals surface area contributed by atoms with E-state index in [0.717, 1.165) is 11.6 Å². The van der Waals surface area contributed by atoms with Gasteiger partial charge in [0.2, 0.25) is 0 Å². The molecule has 0 bridgehead atoms. The first-order chi connectivity index (χ1) is 14.8. The highest BCUT2D eigenvalue weighted by Gasteiger charge is 2.15. The molecule has 3 rings (SSSR count). The molecule has 0 fully saturated rings. The van der Waals surface area contributed by atoms with Gasteiger partial charge in [0.05, 0.1) is 37.1 Å². The van der Waals surface area contributed by atoms with Gasteiger partial charge in [-0.05, 0) is 37.3 Å². The Bertz CT molecular complexity index is 1200. The van der Waals surface area contributed by atoms with Gasteiger partial charge in [0.15, 0.2) is 0 Å².